The van der Waals surface area contributed by atoms with Crippen molar-refractivity contribution in [2.75, 3.05) is 13.7 Å². The van der Waals surface area contributed by atoms with Crippen LogP contribution in [0.2, 0.25) is 0 Å². The third kappa shape index (κ3) is 4.07. The van der Waals surface area contributed by atoms with Crippen LogP contribution in [0.25, 0.3) is 0 Å². The second kappa shape index (κ2) is 6.25. The minimum atomic E-state index is 0.0535. The third-order valence-electron chi connectivity index (χ3n) is 2.30. The van der Waals surface area contributed by atoms with Crippen LogP contribution in [-0.2, 0) is 11.3 Å². The maximum atomic E-state index is 7.40. The van der Waals surface area contributed by atoms with Gasteiger partial charge in [-0.25, -0.2) is 0 Å². The van der Waals surface area contributed by atoms with Gasteiger partial charge in [0, 0.05) is 17.7 Å². The zero-order chi connectivity index (χ0) is 12.8. The summed E-state index contributed by atoms with van der Waals surface area (Å²) in [5, 5.41) is 7.40. The molecule has 1 aromatic rings. The molecule has 1 rings (SSSR count). The SMILES string of the molecule is COc1ccc(C(=N)N)cc1COCC(C)C. The smallest absolute Gasteiger partial charge is 0.124 e. The molecule has 17 heavy (non-hydrogen) atoms. The summed E-state index contributed by atoms with van der Waals surface area (Å²) in [6, 6.07) is 5.42. The molecule has 0 spiro atoms. The molecule has 0 heterocycles. The van der Waals surface area contributed by atoms with E-state index in [9.17, 15) is 0 Å². The molecule has 0 saturated heterocycles. The maximum absolute atomic E-state index is 7.40. The summed E-state index contributed by atoms with van der Waals surface area (Å²) in [5.74, 6) is 1.31. The van der Waals surface area contributed by atoms with E-state index in [4.69, 9.17) is 20.6 Å². The van der Waals surface area contributed by atoms with Crippen molar-refractivity contribution in [1.29, 1.82) is 5.41 Å². The molecular weight excluding hydrogens is 216 g/mol. The van der Waals surface area contributed by atoms with Gasteiger partial charge in [0.15, 0.2) is 0 Å². The van der Waals surface area contributed by atoms with Crippen LogP contribution in [0.5, 0.6) is 5.75 Å². The number of ether oxygens (including phenoxy) is 2. The lowest BCUT2D eigenvalue weighted by Crippen LogP contribution is -2.12. The first-order valence-electron chi connectivity index (χ1n) is 5.63. The van der Waals surface area contributed by atoms with Crippen LogP contribution in [0, 0.1) is 11.3 Å². The zero-order valence-corrected chi connectivity index (χ0v) is 10.6. The molecular formula is C13H20N2O2. The molecule has 0 aliphatic rings. The molecule has 1 aromatic carbocycles. The predicted octanol–water partition coefficient (Wildman–Crippen LogP) is 2.15. The van der Waals surface area contributed by atoms with Crippen LogP contribution >= 0.6 is 0 Å². The number of nitrogen functional groups attached to an aromatic ring is 1. The quantitative estimate of drug-likeness (QED) is 0.587. The van der Waals surface area contributed by atoms with Crippen molar-refractivity contribution in [3.63, 3.8) is 0 Å². The third-order valence-corrected chi connectivity index (χ3v) is 2.30. The maximum Gasteiger partial charge on any atom is 0.124 e. The van der Waals surface area contributed by atoms with E-state index in [2.05, 4.69) is 13.8 Å². The highest BCUT2D eigenvalue weighted by Crippen LogP contribution is 2.20. The number of nitrogens with one attached hydrogen (secondary N) is 1. The van der Waals surface area contributed by atoms with Gasteiger partial charge in [-0.1, -0.05) is 13.8 Å². The highest BCUT2D eigenvalue weighted by Gasteiger charge is 2.06. The van der Waals surface area contributed by atoms with Gasteiger partial charge >= 0.3 is 0 Å². The Morgan fingerprint density at radius 1 is 1.41 bits per heavy atom. The lowest BCUT2D eigenvalue weighted by atomic mass is 10.1. The first-order chi connectivity index (χ1) is 8.04. The van der Waals surface area contributed by atoms with Gasteiger partial charge in [0.2, 0.25) is 0 Å². The first-order valence-corrected chi connectivity index (χ1v) is 5.63. The van der Waals surface area contributed by atoms with Gasteiger partial charge in [0.1, 0.15) is 11.6 Å². The summed E-state index contributed by atoms with van der Waals surface area (Å²) >= 11 is 0. The van der Waals surface area contributed by atoms with Crippen molar-refractivity contribution in [2.24, 2.45) is 11.7 Å². The molecule has 0 bridgehead atoms. The summed E-state index contributed by atoms with van der Waals surface area (Å²) in [6.07, 6.45) is 0. The van der Waals surface area contributed by atoms with Crippen LogP contribution in [0.3, 0.4) is 0 Å². The van der Waals surface area contributed by atoms with Crippen LogP contribution in [0.1, 0.15) is 25.0 Å². The average molecular weight is 236 g/mol. The number of amidine groups is 1. The van der Waals surface area contributed by atoms with E-state index in [-0.39, 0.29) is 5.84 Å². The first kappa shape index (κ1) is 13.5. The molecule has 0 aromatic heterocycles. The largest absolute Gasteiger partial charge is 0.496 e. The second-order valence-corrected chi connectivity index (χ2v) is 4.35. The van der Waals surface area contributed by atoms with Gasteiger partial charge in [0.05, 0.1) is 13.7 Å². The average Bonchev–Trinajstić information content (AvgIpc) is 2.28. The minimum absolute atomic E-state index is 0.0535. The highest BCUT2D eigenvalue weighted by molar-refractivity contribution is 5.95. The Morgan fingerprint density at radius 2 is 2.12 bits per heavy atom. The molecule has 0 radical (unpaired) electrons. The van der Waals surface area contributed by atoms with E-state index in [1.807, 2.05) is 12.1 Å². The van der Waals surface area contributed by atoms with E-state index in [1.165, 1.54) is 0 Å². The van der Waals surface area contributed by atoms with Gasteiger partial charge in [-0.3, -0.25) is 5.41 Å². The topological polar surface area (TPSA) is 68.3 Å². The summed E-state index contributed by atoms with van der Waals surface area (Å²) in [4.78, 5) is 0. The zero-order valence-electron chi connectivity index (χ0n) is 10.6. The fourth-order valence-electron chi connectivity index (χ4n) is 1.46. The van der Waals surface area contributed by atoms with E-state index in [0.29, 0.717) is 24.7 Å². The molecule has 0 amide bonds. The van der Waals surface area contributed by atoms with E-state index in [0.717, 1.165) is 11.3 Å². The molecule has 4 nitrogen and oxygen atoms in total. The van der Waals surface area contributed by atoms with Gasteiger partial charge in [-0.15, -0.1) is 0 Å². The van der Waals surface area contributed by atoms with Crippen LogP contribution in [-0.4, -0.2) is 19.6 Å². The molecule has 0 unspecified atom stereocenters. The van der Waals surface area contributed by atoms with Crippen molar-refractivity contribution in [3.8, 4) is 5.75 Å². The van der Waals surface area contributed by atoms with Crippen molar-refractivity contribution in [1.82, 2.24) is 0 Å². The molecule has 0 atom stereocenters. The lowest BCUT2D eigenvalue weighted by Gasteiger charge is -2.12. The Morgan fingerprint density at radius 3 is 2.65 bits per heavy atom. The monoisotopic (exact) mass is 236 g/mol. The molecule has 0 aliphatic heterocycles. The minimum Gasteiger partial charge on any atom is -0.496 e. The van der Waals surface area contributed by atoms with Gasteiger partial charge in [-0.2, -0.15) is 0 Å². The number of hydrogen-bond acceptors (Lipinski definition) is 3. The van der Waals surface area contributed by atoms with Gasteiger partial charge in [-0.05, 0) is 24.1 Å². The molecule has 4 heteroatoms. The Hall–Kier alpha value is -1.55. The number of rotatable bonds is 6. The second-order valence-electron chi connectivity index (χ2n) is 4.35. The summed E-state index contributed by atoms with van der Waals surface area (Å²) in [6.45, 7) is 5.38. The van der Waals surface area contributed by atoms with Crippen molar-refractivity contribution < 1.29 is 9.47 Å². The number of benzene rings is 1. The molecule has 0 saturated carbocycles. The Bertz CT molecular complexity index is 389. The standard InChI is InChI=1S/C13H20N2O2/c1-9(2)7-17-8-11-6-10(13(14)15)4-5-12(11)16-3/h4-6,9H,7-8H2,1-3H3,(H3,14,15). The number of methoxy groups -OCH3 is 1. The van der Waals surface area contributed by atoms with Gasteiger partial charge < -0.3 is 15.2 Å². The predicted molar refractivity (Wildman–Crippen MR) is 68.5 cm³/mol. The van der Waals surface area contributed by atoms with Crippen LogP contribution in [0.4, 0.5) is 0 Å². The summed E-state index contributed by atoms with van der Waals surface area (Å²) in [5.41, 5.74) is 7.06. The molecule has 0 aliphatic carbocycles. The normalized spacial score (nSPS) is 10.6. The van der Waals surface area contributed by atoms with Gasteiger partial charge in [0.25, 0.3) is 0 Å². The van der Waals surface area contributed by atoms with Crippen LogP contribution in [0.15, 0.2) is 18.2 Å². The highest BCUT2D eigenvalue weighted by atomic mass is 16.5. The Labute approximate surface area is 102 Å². The van der Waals surface area contributed by atoms with Crippen LogP contribution < -0.4 is 10.5 Å². The Kier molecular flexibility index (Phi) is 4.97. The van der Waals surface area contributed by atoms with Crippen molar-refractivity contribution in [2.45, 2.75) is 20.5 Å². The van der Waals surface area contributed by atoms with E-state index >= 15 is 0 Å². The fraction of sp³-hybridized carbons (Fsp3) is 0.462. The molecule has 0 fully saturated rings. The van der Waals surface area contributed by atoms with Crippen molar-refractivity contribution in [3.05, 3.63) is 29.3 Å². The van der Waals surface area contributed by atoms with E-state index < -0.39 is 0 Å². The number of nitrogens with two attached hydrogens (primary N) is 1. The lowest BCUT2D eigenvalue weighted by molar-refractivity contribution is 0.0955. The molecule has 94 valence electrons. The summed E-state index contributed by atoms with van der Waals surface area (Å²) < 4.78 is 10.8. The fourth-order valence-corrected chi connectivity index (χ4v) is 1.46. The van der Waals surface area contributed by atoms with E-state index in [1.54, 1.807) is 13.2 Å². The number of hydrogen-bond donors (Lipinski definition) is 2. The molecule has 3 N–H and O–H groups in total. The summed E-state index contributed by atoms with van der Waals surface area (Å²) in [7, 11) is 1.62. The Balaban J connectivity index is 2.79. The van der Waals surface area contributed by atoms with Crippen molar-refractivity contribution >= 4 is 5.84 Å².